The molecule has 0 aromatic carbocycles. The first-order valence-electron chi connectivity index (χ1n) is 6.09. The van der Waals surface area contributed by atoms with Gasteiger partial charge in [-0.25, -0.2) is 4.52 Å². The summed E-state index contributed by atoms with van der Waals surface area (Å²) in [5.41, 5.74) is 2.21. The maximum atomic E-state index is 11.1. The fourth-order valence-electron chi connectivity index (χ4n) is 1.77. The number of nitrogens with one attached hydrogen (secondary N) is 1. The SMILES string of the molecule is CCOC(=O)CCNCc1cnn2ccccc12. The smallest absolute Gasteiger partial charge is 0.307 e. The van der Waals surface area contributed by atoms with E-state index >= 15 is 0 Å². The van der Waals surface area contributed by atoms with Crippen LogP contribution in [0.3, 0.4) is 0 Å². The predicted octanol–water partition coefficient (Wildman–Crippen LogP) is 1.38. The van der Waals surface area contributed by atoms with Crippen LogP contribution >= 0.6 is 0 Å². The van der Waals surface area contributed by atoms with E-state index in [0.717, 1.165) is 11.1 Å². The van der Waals surface area contributed by atoms with Gasteiger partial charge in [0.15, 0.2) is 0 Å². The fourth-order valence-corrected chi connectivity index (χ4v) is 1.77. The summed E-state index contributed by atoms with van der Waals surface area (Å²) < 4.78 is 6.69. The van der Waals surface area contributed by atoms with Gasteiger partial charge < -0.3 is 10.1 Å². The Morgan fingerprint density at radius 2 is 2.39 bits per heavy atom. The second-order valence-corrected chi connectivity index (χ2v) is 3.93. The van der Waals surface area contributed by atoms with Gasteiger partial charge in [-0.3, -0.25) is 4.79 Å². The van der Waals surface area contributed by atoms with Crippen molar-refractivity contribution in [1.29, 1.82) is 0 Å². The minimum absolute atomic E-state index is 0.162. The summed E-state index contributed by atoms with van der Waals surface area (Å²) >= 11 is 0. The van der Waals surface area contributed by atoms with Gasteiger partial charge in [0.25, 0.3) is 0 Å². The van der Waals surface area contributed by atoms with Gasteiger partial charge in [0.1, 0.15) is 0 Å². The third-order valence-electron chi connectivity index (χ3n) is 2.63. The molecule has 2 rings (SSSR count). The van der Waals surface area contributed by atoms with E-state index in [4.69, 9.17) is 4.74 Å². The second kappa shape index (κ2) is 6.16. The molecule has 2 aromatic heterocycles. The molecular weight excluding hydrogens is 230 g/mol. The van der Waals surface area contributed by atoms with Crippen LogP contribution in [0.25, 0.3) is 5.52 Å². The number of pyridine rings is 1. The molecule has 0 aliphatic heterocycles. The standard InChI is InChI=1S/C13H17N3O2/c1-2-18-13(17)6-7-14-9-11-10-15-16-8-4-3-5-12(11)16/h3-5,8,10,14H,2,6-7,9H2,1H3. The Balaban J connectivity index is 1.82. The molecule has 0 amide bonds. The summed E-state index contributed by atoms with van der Waals surface area (Å²) in [7, 11) is 0. The third kappa shape index (κ3) is 3.07. The number of esters is 1. The quantitative estimate of drug-likeness (QED) is 0.619. The van der Waals surface area contributed by atoms with Gasteiger partial charge in [-0.15, -0.1) is 0 Å². The van der Waals surface area contributed by atoms with Crippen LogP contribution in [0.15, 0.2) is 30.6 Å². The van der Waals surface area contributed by atoms with Crippen LogP contribution in [0, 0.1) is 0 Å². The van der Waals surface area contributed by atoms with Gasteiger partial charge in [0.05, 0.1) is 24.7 Å². The number of carbonyl (C=O) groups is 1. The Kier molecular flexibility index (Phi) is 4.30. The van der Waals surface area contributed by atoms with Crippen molar-refractivity contribution in [3.05, 3.63) is 36.2 Å². The lowest BCUT2D eigenvalue weighted by Crippen LogP contribution is -2.18. The third-order valence-corrected chi connectivity index (χ3v) is 2.63. The van der Waals surface area contributed by atoms with Crippen LogP contribution in [0.1, 0.15) is 18.9 Å². The number of nitrogens with zero attached hydrogens (tertiary/aromatic N) is 2. The van der Waals surface area contributed by atoms with Crippen molar-refractivity contribution in [2.45, 2.75) is 19.9 Å². The number of aromatic nitrogens is 2. The van der Waals surface area contributed by atoms with E-state index in [-0.39, 0.29) is 5.97 Å². The molecule has 0 unspecified atom stereocenters. The zero-order valence-corrected chi connectivity index (χ0v) is 10.4. The highest BCUT2D eigenvalue weighted by Crippen LogP contribution is 2.09. The molecule has 0 radical (unpaired) electrons. The van der Waals surface area contributed by atoms with Gasteiger partial charge in [0.2, 0.25) is 0 Å². The topological polar surface area (TPSA) is 55.6 Å². The first-order valence-corrected chi connectivity index (χ1v) is 6.09. The van der Waals surface area contributed by atoms with Crippen LogP contribution in [0.2, 0.25) is 0 Å². The van der Waals surface area contributed by atoms with Crippen molar-refractivity contribution in [3.63, 3.8) is 0 Å². The van der Waals surface area contributed by atoms with Crippen LogP contribution in [-0.2, 0) is 16.1 Å². The lowest BCUT2D eigenvalue weighted by Gasteiger charge is -2.03. The molecule has 18 heavy (non-hydrogen) atoms. The minimum Gasteiger partial charge on any atom is -0.466 e. The molecule has 2 aromatic rings. The van der Waals surface area contributed by atoms with Crippen molar-refractivity contribution in [2.24, 2.45) is 0 Å². The number of rotatable bonds is 6. The van der Waals surface area contributed by atoms with Gasteiger partial charge in [-0.2, -0.15) is 5.10 Å². The Hall–Kier alpha value is -1.88. The fraction of sp³-hybridized carbons (Fsp3) is 0.385. The van der Waals surface area contributed by atoms with E-state index in [0.29, 0.717) is 26.1 Å². The molecule has 0 aliphatic carbocycles. The normalized spacial score (nSPS) is 10.7. The summed E-state index contributed by atoms with van der Waals surface area (Å²) in [6.45, 7) is 3.56. The van der Waals surface area contributed by atoms with E-state index in [1.165, 1.54) is 0 Å². The highest BCUT2D eigenvalue weighted by Gasteiger charge is 2.04. The first kappa shape index (κ1) is 12.6. The average molecular weight is 247 g/mol. The molecule has 96 valence electrons. The minimum atomic E-state index is -0.162. The number of carbonyl (C=O) groups excluding carboxylic acids is 1. The molecule has 2 heterocycles. The lowest BCUT2D eigenvalue weighted by atomic mass is 10.2. The van der Waals surface area contributed by atoms with Gasteiger partial charge >= 0.3 is 5.97 Å². The number of fused-ring (bicyclic) bond motifs is 1. The highest BCUT2D eigenvalue weighted by atomic mass is 16.5. The molecular formula is C13H17N3O2. The zero-order valence-electron chi connectivity index (χ0n) is 10.4. The molecule has 1 N–H and O–H groups in total. The number of ether oxygens (including phenoxy) is 1. The zero-order chi connectivity index (χ0) is 12.8. The van der Waals surface area contributed by atoms with Gasteiger partial charge in [0, 0.05) is 24.8 Å². The van der Waals surface area contributed by atoms with Gasteiger partial charge in [-0.05, 0) is 19.1 Å². The van der Waals surface area contributed by atoms with E-state index < -0.39 is 0 Å². The molecule has 0 saturated carbocycles. The van der Waals surface area contributed by atoms with Crippen molar-refractivity contribution in [2.75, 3.05) is 13.2 Å². The van der Waals surface area contributed by atoms with E-state index in [9.17, 15) is 4.79 Å². The Bertz CT molecular complexity index is 522. The Morgan fingerprint density at radius 1 is 1.50 bits per heavy atom. The number of hydrogen-bond donors (Lipinski definition) is 1. The highest BCUT2D eigenvalue weighted by molar-refractivity contribution is 5.69. The molecule has 0 bridgehead atoms. The molecule has 0 aliphatic rings. The summed E-state index contributed by atoms with van der Waals surface area (Å²) in [6.07, 6.45) is 4.15. The molecule has 5 nitrogen and oxygen atoms in total. The van der Waals surface area contributed by atoms with E-state index in [1.54, 1.807) is 0 Å². The van der Waals surface area contributed by atoms with Crippen LogP contribution in [-0.4, -0.2) is 28.7 Å². The summed E-state index contributed by atoms with van der Waals surface area (Å²) in [5.74, 6) is -0.162. The monoisotopic (exact) mass is 247 g/mol. The summed E-state index contributed by atoms with van der Waals surface area (Å²) in [5, 5.41) is 7.46. The summed E-state index contributed by atoms with van der Waals surface area (Å²) in [6, 6.07) is 5.95. The van der Waals surface area contributed by atoms with Crippen LogP contribution < -0.4 is 5.32 Å². The average Bonchev–Trinajstić information content (AvgIpc) is 2.78. The molecule has 0 spiro atoms. The molecule has 0 saturated heterocycles. The van der Waals surface area contributed by atoms with Gasteiger partial charge in [-0.1, -0.05) is 6.07 Å². The van der Waals surface area contributed by atoms with Crippen molar-refractivity contribution in [1.82, 2.24) is 14.9 Å². The number of hydrogen-bond acceptors (Lipinski definition) is 4. The van der Waals surface area contributed by atoms with Crippen molar-refractivity contribution in [3.8, 4) is 0 Å². The van der Waals surface area contributed by atoms with Crippen LogP contribution in [0.4, 0.5) is 0 Å². The largest absolute Gasteiger partial charge is 0.466 e. The van der Waals surface area contributed by atoms with Crippen LogP contribution in [0.5, 0.6) is 0 Å². The van der Waals surface area contributed by atoms with E-state index in [2.05, 4.69) is 10.4 Å². The molecule has 0 fully saturated rings. The molecule has 5 heteroatoms. The second-order valence-electron chi connectivity index (χ2n) is 3.93. The van der Waals surface area contributed by atoms with Crippen molar-refractivity contribution < 1.29 is 9.53 Å². The maximum absolute atomic E-state index is 11.1. The summed E-state index contributed by atoms with van der Waals surface area (Å²) in [4.78, 5) is 11.1. The lowest BCUT2D eigenvalue weighted by molar-refractivity contribution is -0.142. The van der Waals surface area contributed by atoms with E-state index in [1.807, 2.05) is 42.0 Å². The maximum Gasteiger partial charge on any atom is 0.307 e. The Morgan fingerprint density at radius 3 is 3.22 bits per heavy atom. The predicted molar refractivity (Wildman–Crippen MR) is 68.1 cm³/mol. The van der Waals surface area contributed by atoms with Crippen molar-refractivity contribution >= 4 is 11.5 Å². The first-order chi connectivity index (χ1) is 8.81. The molecule has 0 atom stereocenters. The Labute approximate surface area is 106 Å².